The molecule has 1 aliphatic rings. The number of benzene rings is 1. The fourth-order valence-corrected chi connectivity index (χ4v) is 3.24. The van der Waals surface area contributed by atoms with Crippen molar-refractivity contribution in [2.24, 2.45) is 0 Å². The van der Waals surface area contributed by atoms with Crippen molar-refractivity contribution in [3.63, 3.8) is 0 Å². The van der Waals surface area contributed by atoms with Crippen LogP contribution in [0.25, 0.3) is 0 Å². The molecule has 1 atom stereocenters. The van der Waals surface area contributed by atoms with E-state index in [-0.39, 0.29) is 11.5 Å². The van der Waals surface area contributed by atoms with E-state index >= 15 is 0 Å². The summed E-state index contributed by atoms with van der Waals surface area (Å²) >= 11 is 0. The molecule has 0 bridgehead atoms. The van der Waals surface area contributed by atoms with Crippen LogP contribution in [0.4, 0.5) is 0 Å². The summed E-state index contributed by atoms with van der Waals surface area (Å²) in [5, 5.41) is 3.46. The minimum absolute atomic E-state index is 0.173. The number of rotatable bonds is 4. The van der Waals surface area contributed by atoms with E-state index in [9.17, 15) is 0 Å². The summed E-state index contributed by atoms with van der Waals surface area (Å²) in [7, 11) is 2.02. The van der Waals surface area contributed by atoms with Crippen molar-refractivity contribution in [3.05, 3.63) is 60.2 Å². The maximum absolute atomic E-state index is 4.50. The molecular formula is C16H19N3. The Morgan fingerprint density at radius 3 is 2.47 bits per heavy atom. The summed E-state index contributed by atoms with van der Waals surface area (Å²) in [6.07, 6.45) is 9.08. The highest BCUT2D eigenvalue weighted by Crippen LogP contribution is 2.51. The number of aromatic nitrogens is 2. The largest absolute Gasteiger partial charge is 0.311 e. The second-order valence-electron chi connectivity index (χ2n) is 5.23. The summed E-state index contributed by atoms with van der Waals surface area (Å²) in [5.41, 5.74) is 2.62. The lowest BCUT2D eigenvalue weighted by Gasteiger charge is -2.48. The van der Waals surface area contributed by atoms with E-state index < -0.39 is 0 Å². The van der Waals surface area contributed by atoms with E-state index in [0.717, 1.165) is 5.69 Å². The van der Waals surface area contributed by atoms with Crippen LogP contribution in [-0.2, 0) is 5.41 Å². The second-order valence-corrected chi connectivity index (χ2v) is 5.23. The van der Waals surface area contributed by atoms with Crippen LogP contribution >= 0.6 is 0 Å². The van der Waals surface area contributed by atoms with Crippen LogP contribution in [0.2, 0.25) is 0 Å². The lowest BCUT2D eigenvalue weighted by Crippen LogP contribution is -2.46. The highest BCUT2D eigenvalue weighted by atomic mass is 15.0. The zero-order chi connectivity index (χ0) is 13.1. The minimum atomic E-state index is 0.173. The van der Waals surface area contributed by atoms with Crippen molar-refractivity contribution in [3.8, 4) is 0 Å². The number of nitrogens with one attached hydrogen (secondary N) is 1. The normalized spacial score (nSPS) is 18.6. The highest BCUT2D eigenvalue weighted by molar-refractivity contribution is 5.33. The van der Waals surface area contributed by atoms with Crippen LogP contribution in [0.1, 0.15) is 36.6 Å². The molecule has 3 rings (SSSR count). The summed E-state index contributed by atoms with van der Waals surface area (Å²) in [4.78, 5) is 8.71. The molecular weight excluding hydrogens is 234 g/mol. The number of hydrogen-bond acceptors (Lipinski definition) is 3. The zero-order valence-electron chi connectivity index (χ0n) is 11.2. The molecule has 1 aromatic heterocycles. The quantitative estimate of drug-likeness (QED) is 0.910. The molecule has 1 N–H and O–H groups in total. The first kappa shape index (κ1) is 12.3. The molecule has 3 nitrogen and oxygen atoms in total. The summed E-state index contributed by atoms with van der Waals surface area (Å²) < 4.78 is 0. The molecule has 0 saturated heterocycles. The van der Waals surface area contributed by atoms with E-state index in [0.29, 0.717) is 0 Å². The van der Waals surface area contributed by atoms with Crippen molar-refractivity contribution in [2.75, 3.05) is 7.05 Å². The van der Waals surface area contributed by atoms with E-state index in [4.69, 9.17) is 0 Å². The molecule has 1 saturated carbocycles. The Balaban J connectivity index is 2.01. The first-order chi connectivity index (χ1) is 9.37. The Kier molecular flexibility index (Phi) is 3.30. The molecule has 19 heavy (non-hydrogen) atoms. The average Bonchev–Trinajstić information content (AvgIpc) is 2.44. The molecule has 1 aromatic carbocycles. The van der Waals surface area contributed by atoms with E-state index in [1.54, 1.807) is 12.4 Å². The molecule has 0 spiro atoms. The van der Waals surface area contributed by atoms with Gasteiger partial charge in [0.2, 0.25) is 0 Å². The molecule has 3 heteroatoms. The SMILES string of the molecule is CNC(c1cnccn1)C1(c2ccccc2)CCC1. The van der Waals surface area contributed by atoms with E-state index in [2.05, 4.69) is 45.6 Å². The molecule has 0 radical (unpaired) electrons. The molecule has 1 unspecified atom stereocenters. The Hall–Kier alpha value is -1.74. The highest BCUT2D eigenvalue weighted by Gasteiger charge is 2.46. The fourth-order valence-electron chi connectivity index (χ4n) is 3.24. The first-order valence-electron chi connectivity index (χ1n) is 6.85. The lowest BCUT2D eigenvalue weighted by molar-refractivity contribution is 0.172. The number of nitrogens with zero attached hydrogens (tertiary/aromatic N) is 2. The summed E-state index contributed by atoms with van der Waals surface area (Å²) in [6, 6.07) is 11.0. The van der Waals surface area contributed by atoms with Crippen molar-refractivity contribution in [2.45, 2.75) is 30.7 Å². The third kappa shape index (κ3) is 2.04. The van der Waals surface area contributed by atoms with Crippen LogP contribution in [0.5, 0.6) is 0 Å². The van der Waals surface area contributed by atoms with Gasteiger partial charge in [-0.25, -0.2) is 0 Å². The average molecular weight is 253 g/mol. The van der Waals surface area contributed by atoms with Gasteiger partial charge in [0.25, 0.3) is 0 Å². The molecule has 1 aliphatic carbocycles. The summed E-state index contributed by atoms with van der Waals surface area (Å²) in [5.74, 6) is 0. The van der Waals surface area contributed by atoms with Crippen molar-refractivity contribution in [1.29, 1.82) is 0 Å². The van der Waals surface area contributed by atoms with Crippen LogP contribution in [0.3, 0.4) is 0 Å². The predicted octanol–water partition coefficient (Wildman–Crippen LogP) is 2.86. The third-order valence-electron chi connectivity index (χ3n) is 4.31. The van der Waals surface area contributed by atoms with Crippen molar-refractivity contribution >= 4 is 0 Å². The smallest absolute Gasteiger partial charge is 0.0765 e. The topological polar surface area (TPSA) is 37.8 Å². The molecule has 98 valence electrons. The Bertz CT molecular complexity index is 520. The summed E-state index contributed by atoms with van der Waals surface area (Å²) in [6.45, 7) is 0. The van der Waals surface area contributed by atoms with Gasteiger partial charge in [-0.15, -0.1) is 0 Å². The maximum Gasteiger partial charge on any atom is 0.0765 e. The van der Waals surface area contributed by atoms with Gasteiger partial charge in [0.15, 0.2) is 0 Å². The lowest BCUT2D eigenvalue weighted by atomic mass is 9.59. The van der Waals surface area contributed by atoms with Gasteiger partial charge in [0.1, 0.15) is 0 Å². The second kappa shape index (κ2) is 5.10. The maximum atomic E-state index is 4.50. The Morgan fingerprint density at radius 2 is 1.95 bits per heavy atom. The van der Waals surface area contributed by atoms with Crippen molar-refractivity contribution in [1.82, 2.24) is 15.3 Å². The monoisotopic (exact) mass is 253 g/mol. The van der Waals surface area contributed by atoms with Crippen LogP contribution in [-0.4, -0.2) is 17.0 Å². The molecule has 0 amide bonds. The zero-order valence-corrected chi connectivity index (χ0v) is 11.2. The molecule has 1 heterocycles. The number of hydrogen-bond donors (Lipinski definition) is 1. The molecule has 2 aromatic rings. The van der Waals surface area contributed by atoms with Gasteiger partial charge in [-0.05, 0) is 25.5 Å². The van der Waals surface area contributed by atoms with Gasteiger partial charge in [-0.3, -0.25) is 9.97 Å². The third-order valence-corrected chi connectivity index (χ3v) is 4.31. The predicted molar refractivity (Wildman–Crippen MR) is 75.8 cm³/mol. The van der Waals surface area contributed by atoms with Crippen LogP contribution < -0.4 is 5.32 Å². The first-order valence-corrected chi connectivity index (χ1v) is 6.85. The van der Waals surface area contributed by atoms with Gasteiger partial charge in [-0.1, -0.05) is 36.8 Å². The van der Waals surface area contributed by atoms with Gasteiger partial charge in [0, 0.05) is 24.0 Å². The molecule has 1 fully saturated rings. The fraction of sp³-hybridized carbons (Fsp3) is 0.375. The van der Waals surface area contributed by atoms with E-state index in [1.807, 2.05) is 13.2 Å². The van der Waals surface area contributed by atoms with Gasteiger partial charge >= 0.3 is 0 Å². The van der Waals surface area contributed by atoms with Gasteiger partial charge in [0.05, 0.1) is 11.7 Å². The Morgan fingerprint density at radius 1 is 1.16 bits per heavy atom. The number of likely N-dealkylation sites (N-methyl/N-ethyl adjacent to an activating group) is 1. The van der Waals surface area contributed by atoms with Crippen LogP contribution in [0, 0.1) is 0 Å². The van der Waals surface area contributed by atoms with Crippen molar-refractivity contribution < 1.29 is 0 Å². The minimum Gasteiger partial charge on any atom is -0.311 e. The Labute approximate surface area is 114 Å². The van der Waals surface area contributed by atoms with E-state index in [1.165, 1.54) is 24.8 Å². The standard InChI is InChI=1S/C16H19N3/c1-17-15(14-12-18-10-11-19-14)16(8-5-9-16)13-6-3-2-4-7-13/h2-4,6-7,10-12,15,17H,5,8-9H2,1H3. The van der Waals surface area contributed by atoms with Gasteiger partial charge < -0.3 is 5.32 Å². The molecule has 0 aliphatic heterocycles. The van der Waals surface area contributed by atoms with Crippen LogP contribution in [0.15, 0.2) is 48.9 Å². The van der Waals surface area contributed by atoms with Gasteiger partial charge in [-0.2, -0.15) is 0 Å².